The lowest BCUT2D eigenvalue weighted by Gasteiger charge is -2.09. The molecule has 1 aromatic carbocycles. The third kappa shape index (κ3) is 6.94. The third-order valence-corrected chi connectivity index (χ3v) is 4.87. The largest absolute Gasteiger partial charge is 0.573 e. The van der Waals surface area contributed by atoms with Crippen molar-refractivity contribution in [2.45, 2.75) is 18.8 Å². The minimum atomic E-state index is -4.80. The molecule has 3 N–H and O–H groups in total. The highest BCUT2D eigenvalue weighted by molar-refractivity contribution is 7.90. The highest BCUT2D eigenvalue weighted by atomic mass is 35.5. The Morgan fingerprint density at radius 2 is 2.08 bits per heavy atom. The van der Waals surface area contributed by atoms with E-state index in [1.54, 1.807) is 0 Å². The maximum Gasteiger partial charge on any atom is 0.573 e. The lowest BCUT2D eigenvalue weighted by Crippen LogP contribution is -2.37. The Morgan fingerprint density at radius 3 is 2.65 bits per heavy atom. The van der Waals surface area contributed by atoms with Crippen LogP contribution in [0.3, 0.4) is 0 Å². The Labute approximate surface area is 157 Å². The number of hydrogen-bond donors (Lipinski definition) is 2. The van der Waals surface area contributed by atoms with Crippen molar-refractivity contribution >= 4 is 54.8 Å². The van der Waals surface area contributed by atoms with E-state index < -0.39 is 33.9 Å². The SMILES string of the molecule is CS(=O)(=O)CCC(N)C(=O)Nc1nc2ccc(OC(F)(F)F)cc2s1.Cl. The van der Waals surface area contributed by atoms with Crippen LogP contribution in [0.1, 0.15) is 6.42 Å². The first-order valence-corrected chi connectivity index (χ1v) is 9.71. The van der Waals surface area contributed by atoms with Crippen LogP contribution in [0, 0.1) is 0 Å². The number of ether oxygens (including phenoxy) is 1. The van der Waals surface area contributed by atoms with Crippen LogP contribution in [0.15, 0.2) is 18.2 Å². The molecular formula is C13H15ClF3N3O4S2. The summed E-state index contributed by atoms with van der Waals surface area (Å²) in [5.41, 5.74) is 5.99. The van der Waals surface area contributed by atoms with Gasteiger partial charge in [-0.3, -0.25) is 4.79 Å². The number of nitrogens with two attached hydrogens (primary N) is 1. The normalized spacial score (nSPS) is 13.1. The predicted octanol–water partition coefficient (Wildman–Crippen LogP) is 2.32. The van der Waals surface area contributed by atoms with Gasteiger partial charge in [0, 0.05) is 12.3 Å². The molecule has 0 fully saturated rings. The first-order chi connectivity index (χ1) is 11.4. The monoisotopic (exact) mass is 433 g/mol. The van der Waals surface area contributed by atoms with E-state index >= 15 is 0 Å². The van der Waals surface area contributed by atoms with E-state index in [2.05, 4.69) is 15.0 Å². The molecule has 0 bridgehead atoms. The zero-order valence-corrected chi connectivity index (χ0v) is 15.7. The minimum absolute atomic E-state index is 0. The van der Waals surface area contributed by atoms with Crippen LogP contribution in [0.2, 0.25) is 0 Å². The summed E-state index contributed by atoms with van der Waals surface area (Å²) >= 11 is 0.943. The summed E-state index contributed by atoms with van der Waals surface area (Å²) in [5, 5.41) is 2.56. The zero-order chi connectivity index (χ0) is 18.8. The molecule has 146 valence electrons. The number of anilines is 1. The summed E-state index contributed by atoms with van der Waals surface area (Å²) < 4.78 is 63.0. The second-order valence-electron chi connectivity index (χ2n) is 5.21. The van der Waals surface area contributed by atoms with Gasteiger partial charge >= 0.3 is 6.36 Å². The molecule has 0 aliphatic heterocycles. The van der Waals surface area contributed by atoms with Gasteiger partial charge in [-0.25, -0.2) is 13.4 Å². The van der Waals surface area contributed by atoms with E-state index in [1.807, 2.05) is 0 Å². The molecule has 0 saturated carbocycles. The maximum absolute atomic E-state index is 12.2. The number of aromatic nitrogens is 1. The van der Waals surface area contributed by atoms with Crippen molar-refractivity contribution in [1.82, 2.24) is 4.98 Å². The Kier molecular flexibility index (Phi) is 7.22. The number of carbonyl (C=O) groups excluding carboxylic acids is 1. The van der Waals surface area contributed by atoms with E-state index in [1.165, 1.54) is 6.07 Å². The van der Waals surface area contributed by atoms with Crippen molar-refractivity contribution in [1.29, 1.82) is 0 Å². The van der Waals surface area contributed by atoms with Crippen LogP contribution < -0.4 is 15.8 Å². The summed E-state index contributed by atoms with van der Waals surface area (Å²) in [7, 11) is -3.24. The molecule has 26 heavy (non-hydrogen) atoms. The van der Waals surface area contributed by atoms with Crippen molar-refractivity contribution in [3.05, 3.63) is 18.2 Å². The Bertz CT molecular complexity index is 886. The number of alkyl halides is 3. The van der Waals surface area contributed by atoms with Crippen molar-refractivity contribution in [3.8, 4) is 5.75 Å². The summed E-state index contributed by atoms with van der Waals surface area (Å²) in [6, 6.07) is 2.54. The van der Waals surface area contributed by atoms with Gasteiger partial charge in [-0.2, -0.15) is 0 Å². The Morgan fingerprint density at radius 1 is 1.42 bits per heavy atom. The molecule has 0 aliphatic rings. The second kappa shape index (κ2) is 8.37. The first kappa shape index (κ1) is 22.4. The fourth-order valence-corrected chi connectivity index (χ4v) is 3.41. The third-order valence-electron chi connectivity index (χ3n) is 2.96. The Hall–Kier alpha value is -1.63. The van der Waals surface area contributed by atoms with E-state index in [0.29, 0.717) is 10.2 Å². The predicted molar refractivity (Wildman–Crippen MR) is 94.5 cm³/mol. The topological polar surface area (TPSA) is 111 Å². The number of thiazole rings is 1. The Balaban J connectivity index is 0.00000338. The number of rotatable bonds is 6. The van der Waals surface area contributed by atoms with Gasteiger partial charge in [0.05, 0.1) is 22.0 Å². The molecule has 1 heterocycles. The molecule has 0 radical (unpaired) electrons. The van der Waals surface area contributed by atoms with Crippen LogP contribution in [0.4, 0.5) is 18.3 Å². The van der Waals surface area contributed by atoms with Crippen LogP contribution >= 0.6 is 23.7 Å². The molecule has 1 amide bonds. The highest BCUT2D eigenvalue weighted by Crippen LogP contribution is 2.31. The molecule has 1 aromatic heterocycles. The van der Waals surface area contributed by atoms with Crippen molar-refractivity contribution < 1.29 is 31.1 Å². The van der Waals surface area contributed by atoms with Gasteiger partial charge in [0.2, 0.25) is 5.91 Å². The number of nitrogens with one attached hydrogen (secondary N) is 1. The number of fused-ring (bicyclic) bond motifs is 1. The smallest absolute Gasteiger partial charge is 0.406 e. The molecule has 0 aliphatic carbocycles. The molecule has 1 atom stereocenters. The van der Waals surface area contributed by atoms with E-state index in [-0.39, 0.29) is 29.7 Å². The maximum atomic E-state index is 12.2. The number of hydrogen-bond acceptors (Lipinski definition) is 7. The molecule has 2 aromatic rings. The summed E-state index contributed by atoms with van der Waals surface area (Å²) in [6.07, 6.45) is -3.83. The van der Waals surface area contributed by atoms with Gasteiger partial charge in [-0.1, -0.05) is 11.3 Å². The zero-order valence-electron chi connectivity index (χ0n) is 13.2. The van der Waals surface area contributed by atoms with Gasteiger partial charge in [0.1, 0.15) is 15.6 Å². The van der Waals surface area contributed by atoms with Gasteiger partial charge in [0.15, 0.2) is 5.13 Å². The molecule has 0 spiro atoms. The van der Waals surface area contributed by atoms with Gasteiger partial charge in [-0.05, 0) is 18.6 Å². The summed E-state index contributed by atoms with van der Waals surface area (Å²) in [6.45, 7) is 0. The molecule has 2 rings (SSSR count). The van der Waals surface area contributed by atoms with Crippen molar-refractivity contribution in [2.75, 3.05) is 17.3 Å². The van der Waals surface area contributed by atoms with Gasteiger partial charge < -0.3 is 15.8 Å². The van der Waals surface area contributed by atoms with E-state index in [0.717, 1.165) is 29.7 Å². The minimum Gasteiger partial charge on any atom is -0.406 e. The van der Waals surface area contributed by atoms with Crippen LogP contribution in [0.5, 0.6) is 5.75 Å². The van der Waals surface area contributed by atoms with E-state index in [9.17, 15) is 26.4 Å². The number of benzene rings is 1. The van der Waals surface area contributed by atoms with E-state index in [4.69, 9.17) is 5.73 Å². The van der Waals surface area contributed by atoms with Crippen LogP contribution in [0.25, 0.3) is 10.2 Å². The second-order valence-corrected chi connectivity index (χ2v) is 8.50. The number of amides is 1. The number of halogens is 4. The van der Waals surface area contributed by atoms with Gasteiger partial charge in [-0.15, -0.1) is 25.6 Å². The quantitative estimate of drug-likeness (QED) is 0.723. The van der Waals surface area contributed by atoms with Crippen LogP contribution in [-0.2, 0) is 14.6 Å². The van der Waals surface area contributed by atoms with Gasteiger partial charge in [0.25, 0.3) is 0 Å². The number of sulfone groups is 1. The van der Waals surface area contributed by atoms with Crippen molar-refractivity contribution in [2.24, 2.45) is 5.73 Å². The summed E-state index contributed by atoms with van der Waals surface area (Å²) in [4.78, 5) is 16.0. The molecule has 0 saturated heterocycles. The fourth-order valence-electron chi connectivity index (χ4n) is 1.83. The number of nitrogens with zero attached hydrogens (tertiary/aromatic N) is 1. The lowest BCUT2D eigenvalue weighted by atomic mass is 10.2. The first-order valence-electron chi connectivity index (χ1n) is 6.83. The average molecular weight is 434 g/mol. The molecule has 7 nitrogen and oxygen atoms in total. The highest BCUT2D eigenvalue weighted by Gasteiger charge is 2.31. The lowest BCUT2D eigenvalue weighted by molar-refractivity contribution is -0.274. The summed E-state index contributed by atoms with van der Waals surface area (Å²) in [5.74, 6) is -1.26. The van der Waals surface area contributed by atoms with Crippen molar-refractivity contribution in [3.63, 3.8) is 0 Å². The standard InChI is InChI=1S/C13H14F3N3O4S2.ClH/c1-25(21,22)5-4-8(17)11(20)19-12-18-9-3-2-7(6-10(9)24-12)23-13(14,15)16;/h2-3,6,8H,4-5,17H2,1H3,(H,18,19,20);1H. The molecule has 13 heteroatoms. The van der Waals surface area contributed by atoms with Crippen LogP contribution in [-0.4, -0.2) is 43.7 Å². The average Bonchev–Trinajstić information content (AvgIpc) is 2.83. The number of carbonyl (C=O) groups is 1. The molecular weight excluding hydrogens is 419 g/mol. The molecule has 1 unspecified atom stereocenters. The fraction of sp³-hybridized carbons (Fsp3) is 0.385.